The molecular weight excluding hydrogens is 328 g/mol. The van der Waals surface area contributed by atoms with Crippen molar-refractivity contribution in [1.82, 2.24) is 0 Å². The van der Waals surface area contributed by atoms with E-state index in [1.165, 1.54) is 70.6 Å². The minimum Gasteiger partial charge on any atom is -0.481 e. The summed E-state index contributed by atoms with van der Waals surface area (Å²) in [5, 5.41) is 17.7. The zero-order chi connectivity index (χ0) is 19.5. The van der Waals surface area contributed by atoms with Gasteiger partial charge in [-0.25, -0.2) is 0 Å². The molecule has 0 aliphatic carbocycles. The van der Waals surface area contributed by atoms with Crippen molar-refractivity contribution in [2.45, 2.75) is 110 Å². The zero-order valence-corrected chi connectivity index (χ0v) is 16.8. The molecule has 152 valence electrons. The van der Waals surface area contributed by atoms with Crippen molar-refractivity contribution in [2.24, 2.45) is 5.92 Å². The van der Waals surface area contributed by atoms with Gasteiger partial charge >= 0.3 is 11.9 Å². The second-order valence-corrected chi connectivity index (χ2v) is 7.36. The second-order valence-electron chi connectivity index (χ2n) is 7.36. The number of carboxylic acid groups (broad SMARTS) is 2. The molecule has 1 atom stereocenters. The summed E-state index contributed by atoms with van der Waals surface area (Å²) in [5.41, 5.74) is 0. The number of allylic oxidation sites excluding steroid dienone is 2. The molecule has 0 amide bonds. The Hall–Kier alpha value is -1.32. The van der Waals surface area contributed by atoms with Crippen LogP contribution in [-0.4, -0.2) is 22.2 Å². The van der Waals surface area contributed by atoms with Crippen LogP contribution < -0.4 is 0 Å². The molecular formula is C22H40O4. The topological polar surface area (TPSA) is 74.6 Å². The molecule has 0 saturated heterocycles. The molecule has 0 aromatic carbocycles. The zero-order valence-electron chi connectivity index (χ0n) is 16.8. The van der Waals surface area contributed by atoms with Crippen LogP contribution in [0.5, 0.6) is 0 Å². The first-order chi connectivity index (χ1) is 12.6. The van der Waals surface area contributed by atoms with Gasteiger partial charge in [-0.05, 0) is 32.1 Å². The lowest BCUT2D eigenvalue weighted by atomic mass is 9.97. The van der Waals surface area contributed by atoms with E-state index in [0.29, 0.717) is 6.42 Å². The van der Waals surface area contributed by atoms with Crippen LogP contribution in [0, 0.1) is 5.92 Å². The van der Waals surface area contributed by atoms with Gasteiger partial charge in [-0.1, -0.05) is 83.3 Å². The summed E-state index contributed by atoms with van der Waals surface area (Å²) >= 11 is 0. The molecule has 1 unspecified atom stereocenters. The average molecular weight is 369 g/mol. The van der Waals surface area contributed by atoms with Crippen LogP contribution in [0.15, 0.2) is 12.2 Å². The van der Waals surface area contributed by atoms with Crippen molar-refractivity contribution in [3.63, 3.8) is 0 Å². The van der Waals surface area contributed by atoms with Crippen LogP contribution in [-0.2, 0) is 9.59 Å². The largest absolute Gasteiger partial charge is 0.481 e. The van der Waals surface area contributed by atoms with Gasteiger partial charge < -0.3 is 10.2 Å². The summed E-state index contributed by atoms with van der Waals surface area (Å²) in [7, 11) is 0. The van der Waals surface area contributed by atoms with Gasteiger partial charge in [0.1, 0.15) is 0 Å². The van der Waals surface area contributed by atoms with Crippen LogP contribution in [0.25, 0.3) is 0 Å². The molecule has 0 aliphatic rings. The van der Waals surface area contributed by atoms with Crippen LogP contribution in [0.1, 0.15) is 110 Å². The van der Waals surface area contributed by atoms with Crippen molar-refractivity contribution < 1.29 is 19.8 Å². The van der Waals surface area contributed by atoms with Gasteiger partial charge in [-0.15, -0.1) is 0 Å². The Morgan fingerprint density at radius 1 is 0.731 bits per heavy atom. The number of carboxylic acids is 2. The summed E-state index contributed by atoms with van der Waals surface area (Å²) in [6.45, 7) is 2.25. The fourth-order valence-electron chi connectivity index (χ4n) is 3.16. The van der Waals surface area contributed by atoms with E-state index >= 15 is 0 Å². The molecule has 0 aromatic rings. The average Bonchev–Trinajstić information content (AvgIpc) is 2.59. The predicted octanol–water partition coefficient (Wildman–Crippen LogP) is 6.59. The van der Waals surface area contributed by atoms with Gasteiger partial charge in [0.15, 0.2) is 0 Å². The predicted molar refractivity (Wildman–Crippen MR) is 107 cm³/mol. The van der Waals surface area contributed by atoms with Crippen molar-refractivity contribution in [3.8, 4) is 0 Å². The maximum absolute atomic E-state index is 11.0. The second kappa shape index (κ2) is 18.5. The van der Waals surface area contributed by atoms with E-state index in [1.54, 1.807) is 0 Å². The molecule has 0 spiro atoms. The van der Waals surface area contributed by atoms with Gasteiger partial charge in [0.05, 0.1) is 12.3 Å². The molecule has 4 heteroatoms. The Labute approximate surface area is 160 Å². The monoisotopic (exact) mass is 368 g/mol. The SMILES string of the molecule is CCCCCCCC=CCCCCCCCCCC(CC(=O)O)C(=O)O. The van der Waals surface area contributed by atoms with E-state index in [0.717, 1.165) is 19.3 Å². The van der Waals surface area contributed by atoms with Crippen LogP contribution in [0.4, 0.5) is 0 Å². The van der Waals surface area contributed by atoms with E-state index < -0.39 is 17.9 Å². The van der Waals surface area contributed by atoms with E-state index in [-0.39, 0.29) is 6.42 Å². The first-order valence-electron chi connectivity index (χ1n) is 10.7. The summed E-state index contributed by atoms with van der Waals surface area (Å²) < 4.78 is 0. The van der Waals surface area contributed by atoms with Crippen molar-refractivity contribution in [3.05, 3.63) is 12.2 Å². The number of hydrogen-bond acceptors (Lipinski definition) is 2. The Balaban J connectivity index is 3.35. The lowest BCUT2D eigenvalue weighted by molar-refractivity contribution is -0.148. The van der Waals surface area contributed by atoms with E-state index in [2.05, 4.69) is 19.1 Å². The number of unbranched alkanes of at least 4 members (excludes halogenated alkanes) is 12. The Morgan fingerprint density at radius 2 is 1.19 bits per heavy atom. The minimum absolute atomic E-state index is 0.262. The normalized spacial score (nSPS) is 12.5. The summed E-state index contributed by atoms with van der Waals surface area (Å²) in [5.74, 6) is -2.74. The standard InChI is InChI=1S/C22H40O4/c1-2-3-4-5-6-7-8-9-10-11-12-13-14-15-16-17-18-20(22(25)26)19-21(23)24/h8-9,20H,2-7,10-19H2,1H3,(H,23,24)(H,25,26). The molecule has 2 N–H and O–H groups in total. The molecule has 0 fully saturated rings. The lowest BCUT2D eigenvalue weighted by Gasteiger charge is -2.09. The van der Waals surface area contributed by atoms with Crippen LogP contribution in [0.3, 0.4) is 0 Å². The smallest absolute Gasteiger partial charge is 0.307 e. The number of carbonyl (C=O) groups is 2. The fourth-order valence-corrected chi connectivity index (χ4v) is 3.16. The van der Waals surface area contributed by atoms with E-state index in [4.69, 9.17) is 10.2 Å². The van der Waals surface area contributed by atoms with Gasteiger partial charge in [0.2, 0.25) is 0 Å². The Kier molecular flexibility index (Phi) is 17.5. The van der Waals surface area contributed by atoms with Crippen LogP contribution in [0.2, 0.25) is 0 Å². The highest BCUT2D eigenvalue weighted by atomic mass is 16.4. The summed E-state index contributed by atoms with van der Waals surface area (Å²) in [6, 6.07) is 0. The van der Waals surface area contributed by atoms with Gasteiger partial charge in [-0.3, -0.25) is 9.59 Å². The third kappa shape index (κ3) is 17.5. The highest BCUT2D eigenvalue weighted by Crippen LogP contribution is 2.16. The Morgan fingerprint density at radius 3 is 1.65 bits per heavy atom. The third-order valence-electron chi connectivity index (χ3n) is 4.83. The van der Waals surface area contributed by atoms with Crippen molar-refractivity contribution in [2.75, 3.05) is 0 Å². The lowest BCUT2D eigenvalue weighted by Crippen LogP contribution is -2.17. The molecule has 0 saturated carbocycles. The molecule has 0 aromatic heterocycles. The van der Waals surface area contributed by atoms with Gasteiger partial charge in [0, 0.05) is 0 Å². The first-order valence-corrected chi connectivity index (χ1v) is 10.7. The molecule has 26 heavy (non-hydrogen) atoms. The number of aliphatic carboxylic acids is 2. The van der Waals surface area contributed by atoms with Gasteiger partial charge in [0.25, 0.3) is 0 Å². The van der Waals surface area contributed by atoms with Crippen molar-refractivity contribution in [1.29, 1.82) is 0 Å². The maximum atomic E-state index is 11.0. The minimum atomic E-state index is -1.03. The molecule has 0 aliphatic heterocycles. The molecule has 4 nitrogen and oxygen atoms in total. The van der Waals surface area contributed by atoms with E-state index in [1.807, 2.05) is 0 Å². The quantitative estimate of drug-likeness (QED) is 0.199. The first kappa shape index (κ1) is 24.7. The Bertz CT molecular complexity index is 376. The highest BCUT2D eigenvalue weighted by Gasteiger charge is 2.20. The van der Waals surface area contributed by atoms with Crippen LogP contribution >= 0.6 is 0 Å². The number of rotatable bonds is 19. The molecule has 0 radical (unpaired) electrons. The molecule has 0 bridgehead atoms. The summed E-state index contributed by atoms with van der Waals surface area (Å²) in [4.78, 5) is 21.6. The van der Waals surface area contributed by atoms with Gasteiger partial charge in [-0.2, -0.15) is 0 Å². The summed E-state index contributed by atoms with van der Waals surface area (Å²) in [6.07, 6.45) is 21.9. The highest BCUT2D eigenvalue weighted by molar-refractivity contribution is 5.77. The third-order valence-corrected chi connectivity index (χ3v) is 4.83. The fraction of sp³-hybridized carbons (Fsp3) is 0.818. The van der Waals surface area contributed by atoms with E-state index in [9.17, 15) is 9.59 Å². The maximum Gasteiger partial charge on any atom is 0.307 e. The van der Waals surface area contributed by atoms with Crippen molar-refractivity contribution >= 4 is 11.9 Å². The molecule has 0 heterocycles. The number of hydrogen-bond donors (Lipinski definition) is 2. The molecule has 0 rings (SSSR count).